The highest BCUT2D eigenvalue weighted by Crippen LogP contribution is 2.34. The Morgan fingerprint density at radius 1 is 1.28 bits per heavy atom. The predicted molar refractivity (Wildman–Crippen MR) is 78.2 cm³/mol. The number of hydrogen-bond acceptors (Lipinski definition) is 2. The van der Waals surface area contributed by atoms with Gasteiger partial charge in [0.15, 0.2) is 0 Å². The van der Waals surface area contributed by atoms with Crippen LogP contribution in [0.15, 0.2) is 0 Å². The lowest BCUT2D eigenvalue weighted by atomic mass is 9.77. The van der Waals surface area contributed by atoms with Crippen LogP contribution in [0.5, 0.6) is 0 Å². The van der Waals surface area contributed by atoms with Gasteiger partial charge in [-0.2, -0.15) is 5.10 Å². The number of halogens is 1. The van der Waals surface area contributed by atoms with Crippen LogP contribution >= 0.6 is 11.6 Å². The third-order valence-corrected chi connectivity index (χ3v) is 4.54. The molecule has 104 valence electrons. The highest BCUT2D eigenvalue weighted by atomic mass is 35.5. The van der Waals surface area contributed by atoms with Gasteiger partial charge in [-0.15, -0.1) is 0 Å². The minimum absolute atomic E-state index is 0.285. The molecule has 0 aromatic carbocycles. The average Bonchev–Trinajstić information content (AvgIpc) is 2.61. The first-order chi connectivity index (χ1) is 8.49. The van der Waals surface area contributed by atoms with Gasteiger partial charge in [0.05, 0.1) is 5.69 Å². The Morgan fingerprint density at radius 2 is 1.89 bits per heavy atom. The van der Waals surface area contributed by atoms with E-state index in [0.29, 0.717) is 0 Å². The normalized spacial score (nSPS) is 12.1. The molecule has 0 aliphatic rings. The van der Waals surface area contributed by atoms with Crippen LogP contribution in [-0.2, 0) is 13.5 Å². The molecule has 0 spiro atoms. The molecule has 0 aliphatic heterocycles. The third kappa shape index (κ3) is 3.27. The van der Waals surface area contributed by atoms with Crippen LogP contribution in [0.1, 0.15) is 44.9 Å². The molecule has 4 heteroatoms. The number of aromatic nitrogens is 2. The van der Waals surface area contributed by atoms with E-state index in [9.17, 15) is 0 Å². The van der Waals surface area contributed by atoms with Gasteiger partial charge in [-0.1, -0.05) is 32.4 Å². The zero-order chi connectivity index (χ0) is 13.8. The van der Waals surface area contributed by atoms with Crippen molar-refractivity contribution in [2.24, 2.45) is 12.5 Å². The first-order valence-corrected chi connectivity index (χ1v) is 7.26. The largest absolute Gasteiger partial charge is 0.316 e. The van der Waals surface area contributed by atoms with Gasteiger partial charge in [0.25, 0.3) is 0 Å². The zero-order valence-corrected chi connectivity index (χ0v) is 13.1. The van der Waals surface area contributed by atoms with Crippen molar-refractivity contribution in [3.8, 4) is 0 Å². The molecule has 18 heavy (non-hydrogen) atoms. The van der Waals surface area contributed by atoms with E-state index in [4.69, 9.17) is 11.6 Å². The summed E-state index contributed by atoms with van der Waals surface area (Å²) in [5.74, 6) is 0. The fourth-order valence-electron chi connectivity index (χ4n) is 2.45. The van der Waals surface area contributed by atoms with Gasteiger partial charge >= 0.3 is 0 Å². The Balaban J connectivity index is 2.95. The van der Waals surface area contributed by atoms with Gasteiger partial charge in [0.1, 0.15) is 5.15 Å². The number of rotatable bonds is 7. The molecular formula is C14H26ClN3. The molecule has 0 amide bonds. The molecule has 1 aromatic rings. The van der Waals surface area contributed by atoms with Crippen LogP contribution in [0.2, 0.25) is 5.15 Å². The number of nitrogens with zero attached hydrogens (tertiary/aromatic N) is 2. The molecule has 0 saturated carbocycles. The molecule has 3 nitrogen and oxygen atoms in total. The van der Waals surface area contributed by atoms with Crippen molar-refractivity contribution in [1.82, 2.24) is 15.1 Å². The maximum atomic E-state index is 6.35. The molecule has 1 N–H and O–H groups in total. The summed E-state index contributed by atoms with van der Waals surface area (Å²) in [5, 5.41) is 8.68. The molecule has 0 radical (unpaired) electrons. The summed E-state index contributed by atoms with van der Waals surface area (Å²) in [6.45, 7) is 10.8. The van der Waals surface area contributed by atoms with Crippen LogP contribution in [0.25, 0.3) is 0 Å². The summed E-state index contributed by atoms with van der Waals surface area (Å²) in [6.07, 6.45) is 3.31. The summed E-state index contributed by atoms with van der Waals surface area (Å²) in [4.78, 5) is 0. The molecule has 0 aliphatic carbocycles. The van der Waals surface area contributed by atoms with Crippen LogP contribution in [0.3, 0.4) is 0 Å². The number of hydrogen-bond donors (Lipinski definition) is 1. The van der Waals surface area contributed by atoms with Crippen LogP contribution in [-0.4, -0.2) is 22.9 Å². The fourth-order valence-corrected chi connectivity index (χ4v) is 2.69. The monoisotopic (exact) mass is 271 g/mol. The van der Waals surface area contributed by atoms with E-state index in [2.05, 4.69) is 31.2 Å². The summed E-state index contributed by atoms with van der Waals surface area (Å²) in [5.41, 5.74) is 2.55. The van der Waals surface area contributed by atoms with E-state index in [1.165, 1.54) is 5.56 Å². The highest BCUT2D eigenvalue weighted by molar-refractivity contribution is 6.30. The Hall–Kier alpha value is -0.540. The van der Waals surface area contributed by atoms with Crippen molar-refractivity contribution in [3.63, 3.8) is 0 Å². The van der Waals surface area contributed by atoms with Crippen molar-refractivity contribution in [3.05, 3.63) is 16.4 Å². The summed E-state index contributed by atoms with van der Waals surface area (Å²) in [6, 6.07) is 0. The smallest absolute Gasteiger partial charge is 0.130 e. The lowest BCUT2D eigenvalue weighted by molar-refractivity contribution is 0.248. The van der Waals surface area contributed by atoms with Crippen molar-refractivity contribution >= 4 is 11.6 Å². The van der Waals surface area contributed by atoms with Crippen molar-refractivity contribution in [2.75, 3.05) is 13.1 Å². The lowest BCUT2D eigenvalue weighted by Crippen LogP contribution is -2.35. The topological polar surface area (TPSA) is 29.9 Å². The van der Waals surface area contributed by atoms with Crippen molar-refractivity contribution < 1.29 is 0 Å². The Labute approximate surface area is 116 Å². The fraction of sp³-hybridized carbons (Fsp3) is 0.786. The van der Waals surface area contributed by atoms with E-state index < -0.39 is 0 Å². The molecule has 0 atom stereocenters. The maximum Gasteiger partial charge on any atom is 0.130 e. The van der Waals surface area contributed by atoms with E-state index in [0.717, 1.165) is 43.2 Å². The van der Waals surface area contributed by atoms with Gasteiger partial charge in [0.2, 0.25) is 0 Å². The Morgan fingerprint density at radius 3 is 2.28 bits per heavy atom. The van der Waals surface area contributed by atoms with Gasteiger partial charge in [-0.05, 0) is 38.1 Å². The second-order valence-electron chi connectivity index (χ2n) is 5.14. The second kappa shape index (κ2) is 6.58. The summed E-state index contributed by atoms with van der Waals surface area (Å²) >= 11 is 6.35. The molecule has 1 heterocycles. The molecule has 1 rings (SSSR count). The van der Waals surface area contributed by atoms with E-state index in [1.54, 1.807) is 4.68 Å². The third-order valence-electron chi connectivity index (χ3n) is 4.07. The molecule has 0 fully saturated rings. The second-order valence-corrected chi connectivity index (χ2v) is 5.50. The van der Waals surface area contributed by atoms with Gasteiger partial charge < -0.3 is 5.32 Å². The lowest BCUT2D eigenvalue weighted by Gasteiger charge is -2.32. The van der Waals surface area contributed by atoms with Gasteiger partial charge in [-0.3, -0.25) is 4.68 Å². The van der Waals surface area contributed by atoms with Gasteiger partial charge in [0, 0.05) is 19.2 Å². The number of nitrogens with one attached hydrogen (secondary N) is 1. The van der Waals surface area contributed by atoms with Crippen molar-refractivity contribution in [2.45, 2.75) is 47.0 Å². The molecule has 0 bridgehead atoms. The molecular weight excluding hydrogens is 246 g/mol. The summed E-state index contributed by atoms with van der Waals surface area (Å²) in [7, 11) is 1.91. The number of aryl methyl sites for hydroxylation is 2. The van der Waals surface area contributed by atoms with Gasteiger partial charge in [-0.25, -0.2) is 0 Å². The van der Waals surface area contributed by atoms with Crippen molar-refractivity contribution in [1.29, 1.82) is 0 Å². The van der Waals surface area contributed by atoms with E-state index in [-0.39, 0.29) is 5.41 Å². The first kappa shape index (κ1) is 15.5. The van der Waals surface area contributed by atoms with Crippen LogP contribution in [0.4, 0.5) is 0 Å². The zero-order valence-electron chi connectivity index (χ0n) is 12.3. The minimum atomic E-state index is 0.285. The van der Waals surface area contributed by atoms with E-state index >= 15 is 0 Å². The quantitative estimate of drug-likeness (QED) is 0.824. The molecule has 0 saturated heterocycles. The minimum Gasteiger partial charge on any atom is -0.316 e. The SMILES string of the molecule is CCNCC(CC)(CC)Cc1c(C)nn(C)c1Cl. The summed E-state index contributed by atoms with van der Waals surface area (Å²) < 4.78 is 1.77. The predicted octanol–water partition coefficient (Wildman–Crippen LogP) is 3.34. The van der Waals surface area contributed by atoms with Crippen LogP contribution < -0.4 is 5.32 Å². The average molecular weight is 272 g/mol. The van der Waals surface area contributed by atoms with Crippen LogP contribution in [0, 0.1) is 12.3 Å². The highest BCUT2D eigenvalue weighted by Gasteiger charge is 2.29. The standard InChI is InChI=1S/C14H26ClN3/c1-6-14(7-2,10-16-8-3)9-12-11(4)17-18(5)13(12)15/h16H,6-10H2,1-5H3. The first-order valence-electron chi connectivity index (χ1n) is 6.88. The molecule has 1 aromatic heterocycles. The Bertz CT molecular complexity index is 381. The molecule has 0 unspecified atom stereocenters. The van der Waals surface area contributed by atoms with E-state index in [1.807, 2.05) is 14.0 Å². The maximum absolute atomic E-state index is 6.35. The Kier molecular flexibility index (Phi) is 5.67.